The van der Waals surface area contributed by atoms with Crippen molar-refractivity contribution in [1.29, 1.82) is 0 Å². The zero-order valence-corrected chi connectivity index (χ0v) is 10.2. The van der Waals surface area contributed by atoms with Gasteiger partial charge in [-0.05, 0) is 31.9 Å². The molecule has 2 aromatic rings. The standard InChI is InChI=1S/C10H7FO2.C4H8O/c1-6-8-3-2-7(11)4-9(8)13-10(6)5-12;1-2-4-5-3-1/h2-5H,1H3;1-4H2. The Bertz CT molecular complexity index is 534. The smallest absolute Gasteiger partial charge is 0.185 e. The first kappa shape index (κ1) is 12.8. The van der Waals surface area contributed by atoms with Crippen LogP contribution in [-0.4, -0.2) is 19.5 Å². The van der Waals surface area contributed by atoms with Crippen LogP contribution < -0.4 is 0 Å². The molecule has 1 aliphatic rings. The monoisotopic (exact) mass is 250 g/mol. The average Bonchev–Trinajstić information content (AvgIpc) is 3.01. The van der Waals surface area contributed by atoms with E-state index in [1.807, 2.05) is 0 Å². The van der Waals surface area contributed by atoms with Gasteiger partial charge in [0.1, 0.15) is 11.4 Å². The van der Waals surface area contributed by atoms with Crippen LogP contribution in [0.15, 0.2) is 22.6 Å². The Morgan fingerprint density at radius 3 is 2.56 bits per heavy atom. The van der Waals surface area contributed by atoms with Crippen LogP contribution in [-0.2, 0) is 4.74 Å². The van der Waals surface area contributed by atoms with Crippen molar-refractivity contribution in [2.75, 3.05) is 13.2 Å². The number of carbonyl (C=O) groups is 1. The van der Waals surface area contributed by atoms with E-state index < -0.39 is 0 Å². The molecule has 96 valence electrons. The van der Waals surface area contributed by atoms with Gasteiger partial charge in [0.25, 0.3) is 0 Å². The molecule has 0 bridgehead atoms. The number of carbonyl (C=O) groups excluding carboxylic acids is 1. The van der Waals surface area contributed by atoms with Crippen LogP contribution in [0.3, 0.4) is 0 Å². The highest BCUT2D eigenvalue weighted by atomic mass is 19.1. The normalized spacial score (nSPS) is 14.3. The van der Waals surface area contributed by atoms with Gasteiger partial charge < -0.3 is 9.15 Å². The zero-order chi connectivity index (χ0) is 13.0. The zero-order valence-electron chi connectivity index (χ0n) is 10.2. The molecule has 1 aliphatic heterocycles. The first-order valence-electron chi connectivity index (χ1n) is 5.94. The second-order valence-electron chi connectivity index (χ2n) is 4.17. The molecule has 0 N–H and O–H groups in total. The predicted molar refractivity (Wildman–Crippen MR) is 66.3 cm³/mol. The molecule has 3 rings (SSSR count). The molecular formula is C14H15FO3. The maximum Gasteiger partial charge on any atom is 0.185 e. The van der Waals surface area contributed by atoms with Gasteiger partial charge in [0.05, 0.1) is 0 Å². The first-order valence-corrected chi connectivity index (χ1v) is 5.94. The molecule has 0 unspecified atom stereocenters. The van der Waals surface area contributed by atoms with Crippen molar-refractivity contribution in [3.05, 3.63) is 35.3 Å². The molecule has 2 heterocycles. The number of rotatable bonds is 1. The highest BCUT2D eigenvalue weighted by Gasteiger charge is 2.09. The third-order valence-corrected chi connectivity index (χ3v) is 2.87. The van der Waals surface area contributed by atoms with Crippen LogP contribution >= 0.6 is 0 Å². The minimum Gasteiger partial charge on any atom is -0.453 e. The van der Waals surface area contributed by atoms with E-state index >= 15 is 0 Å². The van der Waals surface area contributed by atoms with Gasteiger partial charge in [0.15, 0.2) is 12.0 Å². The summed E-state index contributed by atoms with van der Waals surface area (Å²) in [5, 5.41) is 0.781. The minimum absolute atomic E-state index is 0.264. The van der Waals surface area contributed by atoms with Crippen molar-refractivity contribution in [3.8, 4) is 0 Å². The lowest BCUT2D eigenvalue weighted by Gasteiger charge is -1.88. The fourth-order valence-electron chi connectivity index (χ4n) is 1.84. The van der Waals surface area contributed by atoms with Crippen molar-refractivity contribution in [1.82, 2.24) is 0 Å². The fourth-order valence-corrected chi connectivity index (χ4v) is 1.84. The van der Waals surface area contributed by atoms with Crippen LogP contribution in [0.1, 0.15) is 29.0 Å². The Kier molecular flexibility index (Phi) is 4.10. The van der Waals surface area contributed by atoms with Crippen molar-refractivity contribution in [3.63, 3.8) is 0 Å². The molecule has 0 amide bonds. The molecule has 0 radical (unpaired) electrons. The van der Waals surface area contributed by atoms with E-state index in [-0.39, 0.29) is 11.6 Å². The number of hydrogen-bond donors (Lipinski definition) is 0. The summed E-state index contributed by atoms with van der Waals surface area (Å²) in [7, 11) is 0. The van der Waals surface area contributed by atoms with Crippen LogP contribution in [0.4, 0.5) is 4.39 Å². The van der Waals surface area contributed by atoms with Gasteiger partial charge in [-0.1, -0.05) is 0 Å². The van der Waals surface area contributed by atoms with E-state index in [2.05, 4.69) is 0 Å². The van der Waals surface area contributed by atoms with E-state index in [0.717, 1.165) is 24.2 Å². The van der Waals surface area contributed by atoms with Gasteiger partial charge in [0.2, 0.25) is 0 Å². The topological polar surface area (TPSA) is 39.4 Å². The summed E-state index contributed by atoms with van der Waals surface area (Å²) in [6.07, 6.45) is 3.19. The summed E-state index contributed by atoms with van der Waals surface area (Å²) in [4.78, 5) is 10.5. The minimum atomic E-state index is -0.362. The molecule has 0 spiro atoms. The molecule has 0 atom stereocenters. The third-order valence-electron chi connectivity index (χ3n) is 2.87. The lowest BCUT2D eigenvalue weighted by atomic mass is 10.1. The maximum atomic E-state index is 12.7. The van der Waals surface area contributed by atoms with Gasteiger partial charge >= 0.3 is 0 Å². The Labute approximate surface area is 105 Å². The average molecular weight is 250 g/mol. The van der Waals surface area contributed by atoms with Crippen molar-refractivity contribution >= 4 is 17.3 Å². The summed E-state index contributed by atoms with van der Waals surface area (Å²) >= 11 is 0. The highest BCUT2D eigenvalue weighted by molar-refractivity contribution is 5.89. The summed E-state index contributed by atoms with van der Waals surface area (Å²) in [5.41, 5.74) is 1.17. The number of benzene rings is 1. The van der Waals surface area contributed by atoms with Gasteiger partial charge in [0, 0.05) is 30.2 Å². The largest absolute Gasteiger partial charge is 0.453 e. The molecule has 1 saturated heterocycles. The molecule has 1 fully saturated rings. The van der Waals surface area contributed by atoms with Crippen molar-refractivity contribution in [2.45, 2.75) is 19.8 Å². The molecule has 4 heteroatoms. The lowest BCUT2D eigenvalue weighted by Crippen LogP contribution is -1.76. The Morgan fingerprint density at radius 2 is 2.00 bits per heavy atom. The number of ether oxygens (including phenoxy) is 1. The Balaban J connectivity index is 0.000000202. The second-order valence-corrected chi connectivity index (χ2v) is 4.17. The molecular weight excluding hydrogens is 235 g/mol. The summed E-state index contributed by atoms with van der Waals surface area (Å²) < 4.78 is 22.8. The number of halogens is 1. The summed E-state index contributed by atoms with van der Waals surface area (Å²) in [6.45, 7) is 3.77. The number of fused-ring (bicyclic) bond motifs is 1. The number of furan rings is 1. The quantitative estimate of drug-likeness (QED) is 0.727. The van der Waals surface area contributed by atoms with Gasteiger partial charge in [-0.25, -0.2) is 4.39 Å². The van der Waals surface area contributed by atoms with E-state index in [0.29, 0.717) is 11.9 Å². The van der Waals surface area contributed by atoms with Gasteiger partial charge in [-0.15, -0.1) is 0 Å². The van der Waals surface area contributed by atoms with Crippen molar-refractivity contribution < 1.29 is 18.3 Å². The molecule has 18 heavy (non-hydrogen) atoms. The van der Waals surface area contributed by atoms with Crippen LogP contribution in [0.5, 0.6) is 0 Å². The number of aldehydes is 1. The van der Waals surface area contributed by atoms with Gasteiger partial charge in [-0.3, -0.25) is 4.79 Å². The van der Waals surface area contributed by atoms with E-state index in [9.17, 15) is 9.18 Å². The van der Waals surface area contributed by atoms with Crippen LogP contribution in [0.2, 0.25) is 0 Å². The predicted octanol–water partition coefficient (Wildman–Crippen LogP) is 3.49. The summed E-state index contributed by atoms with van der Waals surface area (Å²) in [5.74, 6) is -0.0979. The number of hydrogen-bond acceptors (Lipinski definition) is 3. The molecule has 0 aliphatic carbocycles. The van der Waals surface area contributed by atoms with Crippen molar-refractivity contribution in [2.24, 2.45) is 0 Å². The fraction of sp³-hybridized carbons (Fsp3) is 0.357. The molecule has 1 aromatic carbocycles. The molecule has 1 aromatic heterocycles. The van der Waals surface area contributed by atoms with E-state index in [1.54, 1.807) is 13.0 Å². The Hall–Kier alpha value is -1.68. The van der Waals surface area contributed by atoms with E-state index in [1.165, 1.54) is 25.0 Å². The SMILES string of the molecule is C1CCOC1.Cc1c(C=O)oc2cc(F)ccc12. The maximum absolute atomic E-state index is 12.7. The van der Waals surface area contributed by atoms with Crippen LogP contribution in [0.25, 0.3) is 11.0 Å². The third kappa shape index (κ3) is 2.76. The highest BCUT2D eigenvalue weighted by Crippen LogP contribution is 2.24. The summed E-state index contributed by atoms with van der Waals surface area (Å²) in [6, 6.07) is 4.23. The Morgan fingerprint density at radius 1 is 1.28 bits per heavy atom. The first-order chi connectivity index (χ1) is 8.72. The molecule has 3 nitrogen and oxygen atoms in total. The number of aryl methyl sites for hydroxylation is 1. The van der Waals surface area contributed by atoms with E-state index in [4.69, 9.17) is 9.15 Å². The lowest BCUT2D eigenvalue weighted by molar-refractivity contribution is 0.110. The van der Waals surface area contributed by atoms with Crippen LogP contribution in [0, 0.1) is 12.7 Å². The van der Waals surface area contributed by atoms with Gasteiger partial charge in [-0.2, -0.15) is 0 Å². The second kappa shape index (κ2) is 5.78. The molecule has 0 saturated carbocycles.